The van der Waals surface area contributed by atoms with Crippen molar-refractivity contribution in [2.45, 2.75) is 13.0 Å². The summed E-state index contributed by atoms with van der Waals surface area (Å²) in [5.74, 6) is 0. The maximum atomic E-state index is 12.1. The third-order valence-corrected chi connectivity index (χ3v) is 2.32. The fourth-order valence-electron chi connectivity index (χ4n) is 1.28. The highest BCUT2D eigenvalue weighted by Gasteiger charge is 2.09. The maximum Gasteiger partial charge on any atom is 0.251 e. The van der Waals surface area contributed by atoms with Crippen LogP contribution >= 0.6 is 11.6 Å². The Kier molecular flexibility index (Phi) is 4.29. The molecule has 1 rings (SSSR count). The van der Waals surface area contributed by atoms with Crippen molar-refractivity contribution in [2.75, 3.05) is 19.3 Å². The first kappa shape index (κ1) is 12.2. The van der Waals surface area contributed by atoms with Gasteiger partial charge in [0.2, 0.25) is 0 Å². The summed E-state index contributed by atoms with van der Waals surface area (Å²) in [5.41, 5.74) is 6.89. The van der Waals surface area contributed by atoms with E-state index in [2.05, 4.69) is 0 Å². The summed E-state index contributed by atoms with van der Waals surface area (Å²) >= 11 is 5.92. The lowest BCUT2D eigenvalue weighted by Gasteiger charge is -2.16. The lowest BCUT2D eigenvalue weighted by molar-refractivity contribution is 0.0976. The Bertz CT molecular complexity index is 331. The summed E-state index contributed by atoms with van der Waals surface area (Å²) in [6.07, 6.45) is -2.33. The van der Waals surface area contributed by atoms with Crippen LogP contribution in [0.5, 0.6) is 0 Å². The molecule has 0 heterocycles. The van der Waals surface area contributed by atoms with Crippen LogP contribution in [0.25, 0.3) is 0 Å². The smallest absolute Gasteiger partial charge is 0.251 e. The van der Waals surface area contributed by atoms with Crippen LogP contribution in [0.2, 0.25) is 5.02 Å². The van der Waals surface area contributed by atoms with E-state index in [-0.39, 0.29) is 6.54 Å². The predicted molar refractivity (Wildman–Crippen MR) is 58.2 cm³/mol. The number of hydrogen-bond acceptors (Lipinski definition) is 2. The van der Waals surface area contributed by atoms with Gasteiger partial charge in [0.25, 0.3) is 6.43 Å². The second-order valence-corrected chi connectivity index (χ2v) is 3.85. The van der Waals surface area contributed by atoms with E-state index < -0.39 is 6.43 Å². The lowest BCUT2D eigenvalue weighted by atomic mass is 10.2. The summed E-state index contributed by atoms with van der Waals surface area (Å²) in [4.78, 5) is 1.52. The van der Waals surface area contributed by atoms with Crippen molar-refractivity contribution >= 4 is 17.3 Å². The monoisotopic (exact) mass is 234 g/mol. The van der Waals surface area contributed by atoms with Crippen LogP contribution in [0.15, 0.2) is 18.2 Å². The molecule has 1 aromatic rings. The largest absolute Gasteiger partial charge is 0.399 e. The van der Waals surface area contributed by atoms with Gasteiger partial charge in [0.1, 0.15) is 0 Å². The van der Waals surface area contributed by atoms with Gasteiger partial charge in [-0.2, -0.15) is 0 Å². The van der Waals surface area contributed by atoms with Crippen LogP contribution in [-0.4, -0.2) is 24.9 Å². The molecule has 2 N–H and O–H groups in total. The van der Waals surface area contributed by atoms with Gasteiger partial charge >= 0.3 is 0 Å². The molecule has 0 amide bonds. The van der Waals surface area contributed by atoms with Gasteiger partial charge in [-0.15, -0.1) is 0 Å². The molecule has 0 saturated heterocycles. The third kappa shape index (κ3) is 4.01. The van der Waals surface area contributed by atoms with Crippen molar-refractivity contribution in [2.24, 2.45) is 0 Å². The SMILES string of the molecule is CN(Cc1ccc(N)cc1Cl)CC(F)F. The lowest BCUT2D eigenvalue weighted by Crippen LogP contribution is -2.24. The highest BCUT2D eigenvalue weighted by Crippen LogP contribution is 2.20. The van der Waals surface area contributed by atoms with Crippen molar-refractivity contribution in [3.05, 3.63) is 28.8 Å². The molecule has 0 unspecified atom stereocenters. The number of rotatable bonds is 4. The standard InChI is InChI=1S/C10H13ClF2N2/c1-15(6-10(12)13)5-7-2-3-8(14)4-9(7)11/h2-4,10H,5-6,14H2,1H3. The number of hydrogen-bond donors (Lipinski definition) is 1. The molecule has 15 heavy (non-hydrogen) atoms. The molecule has 0 aromatic heterocycles. The highest BCUT2D eigenvalue weighted by molar-refractivity contribution is 6.31. The van der Waals surface area contributed by atoms with Gasteiger partial charge in [-0.3, -0.25) is 4.90 Å². The molecule has 0 bridgehead atoms. The van der Waals surface area contributed by atoms with Gasteiger partial charge < -0.3 is 5.73 Å². The second-order valence-electron chi connectivity index (χ2n) is 3.44. The van der Waals surface area contributed by atoms with Crippen molar-refractivity contribution < 1.29 is 8.78 Å². The van der Waals surface area contributed by atoms with Crippen LogP contribution in [0.4, 0.5) is 14.5 Å². The normalized spacial score (nSPS) is 11.3. The Hall–Kier alpha value is -0.870. The molecule has 0 fully saturated rings. The van der Waals surface area contributed by atoms with E-state index in [0.717, 1.165) is 5.56 Å². The van der Waals surface area contributed by atoms with Crippen LogP contribution in [-0.2, 0) is 6.54 Å². The first-order valence-electron chi connectivity index (χ1n) is 4.49. The number of nitrogens with zero attached hydrogens (tertiary/aromatic N) is 1. The molecule has 5 heteroatoms. The van der Waals surface area contributed by atoms with E-state index in [9.17, 15) is 8.78 Å². The summed E-state index contributed by atoms with van der Waals surface area (Å²) < 4.78 is 24.1. The number of anilines is 1. The van der Waals surface area contributed by atoms with Crippen LogP contribution in [0.1, 0.15) is 5.56 Å². The van der Waals surface area contributed by atoms with Crippen molar-refractivity contribution in [3.8, 4) is 0 Å². The molecule has 2 nitrogen and oxygen atoms in total. The fraction of sp³-hybridized carbons (Fsp3) is 0.400. The maximum absolute atomic E-state index is 12.1. The van der Waals surface area contributed by atoms with E-state index in [1.165, 1.54) is 4.90 Å². The Balaban J connectivity index is 2.64. The third-order valence-electron chi connectivity index (χ3n) is 1.97. The van der Waals surface area contributed by atoms with E-state index in [4.69, 9.17) is 17.3 Å². The molecule has 0 spiro atoms. The summed E-state index contributed by atoms with van der Waals surface area (Å²) in [6, 6.07) is 5.07. The zero-order valence-electron chi connectivity index (χ0n) is 8.38. The molecular formula is C10H13ClF2N2. The van der Waals surface area contributed by atoms with Gasteiger partial charge in [0.05, 0.1) is 6.54 Å². The summed E-state index contributed by atoms with van der Waals surface area (Å²) in [5, 5.41) is 0.510. The minimum Gasteiger partial charge on any atom is -0.399 e. The molecular weight excluding hydrogens is 222 g/mol. The Morgan fingerprint density at radius 3 is 2.67 bits per heavy atom. The zero-order chi connectivity index (χ0) is 11.4. The Morgan fingerprint density at radius 1 is 1.47 bits per heavy atom. The number of alkyl halides is 2. The number of nitrogens with two attached hydrogens (primary N) is 1. The molecule has 0 aliphatic rings. The van der Waals surface area contributed by atoms with Crippen LogP contribution in [0.3, 0.4) is 0 Å². The average Bonchev–Trinajstić information content (AvgIpc) is 2.08. The first-order chi connectivity index (χ1) is 6.99. The number of nitrogen functional groups attached to an aromatic ring is 1. The van der Waals surface area contributed by atoms with Crippen LogP contribution < -0.4 is 5.73 Å². The second kappa shape index (κ2) is 5.28. The average molecular weight is 235 g/mol. The van der Waals surface area contributed by atoms with E-state index in [1.807, 2.05) is 0 Å². The molecule has 0 aliphatic heterocycles. The van der Waals surface area contributed by atoms with E-state index >= 15 is 0 Å². The summed E-state index contributed by atoms with van der Waals surface area (Å²) in [6.45, 7) is 0.129. The molecule has 0 saturated carbocycles. The molecule has 0 atom stereocenters. The summed E-state index contributed by atoms with van der Waals surface area (Å²) in [7, 11) is 1.62. The van der Waals surface area contributed by atoms with Gasteiger partial charge in [-0.1, -0.05) is 17.7 Å². The zero-order valence-corrected chi connectivity index (χ0v) is 9.14. The molecule has 84 valence electrons. The van der Waals surface area contributed by atoms with Gasteiger partial charge in [-0.25, -0.2) is 8.78 Å². The molecule has 0 radical (unpaired) electrons. The predicted octanol–water partition coefficient (Wildman–Crippen LogP) is 2.62. The van der Waals surface area contributed by atoms with Gasteiger partial charge in [0.15, 0.2) is 0 Å². The number of benzene rings is 1. The number of halogens is 3. The Labute approximate surface area is 92.6 Å². The molecule has 0 aliphatic carbocycles. The topological polar surface area (TPSA) is 29.3 Å². The highest BCUT2D eigenvalue weighted by atomic mass is 35.5. The van der Waals surface area contributed by atoms with Gasteiger partial charge in [0, 0.05) is 17.3 Å². The Morgan fingerprint density at radius 2 is 2.13 bits per heavy atom. The van der Waals surface area contributed by atoms with Crippen molar-refractivity contribution in [3.63, 3.8) is 0 Å². The van der Waals surface area contributed by atoms with E-state index in [1.54, 1.807) is 25.2 Å². The van der Waals surface area contributed by atoms with Crippen molar-refractivity contribution in [1.29, 1.82) is 0 Å². The quantitative estimate of drug-likeness (QED) is 0.812. The van der Waals surface area contributed by atoms with Crippen molar-refractivity contribution in [1.82, 2.24) is 4.90 Å². The van der Waals surface area contributed by atoms with Gasteiger partial charge in [-0.05, 0) is 24.7 Å². The van der Waals surface area contributed by atoms with E-state index in [0.29, 0.717) is 17.3 Å². The fourth-order valence-corrected chi connectivity index (χ4v) is 1.53. The minimum atomic E-state index is -2.33. The first-order valence-corrected chi connectivity index (χ1v) is 4.87. The van der Waals surface area contributed by atoms with Crippen LogP contribution in [0, 0.1) is 0 Å². The molecule has 1 aromatic carbocycles. The minimum absolute atomic E-state index is 0.263.